The molecule has 0 aliphatic carbocycles. The number of hydrogen-bond acceptors (Lipinski definition) is 3. The highest BCUT2D eigenvalue weighted by Crippen LogP contribution is 2.23. The van der Waals surface area contributed by atoms with E-state index >= 15 is 0 Å². The van der Waals surface area contributed by atoms with Crippen LogP contribution in [0.4, 0.5) is 0 Å². The monoisotopic (exact) mass is 328 g/mol. The Morgan fingerprint density at radius 2 is 2.13 bits per heavy atom. The van der Waals surface area contributed by atoms with E-state index in [1.807, 2.05) is 46.6 Å². The molecule has 1 aliphatic rings. The van der Waals surface area contributed by atoms with Gasteiger partial charge in [-0.05, 0) is 42.3 Å². The van der Waals surface area contributed by atoms with Gasteiger partial charge in [-0.25, -0.2) is 0 Å². The summed E-state index contributed by atoms with van der Waals surface area (Å²) in [5.74, 6) is 0.718. The summed E-state index contributed by atoms with van der Waals surface area (Å²) in [5.41, 5.74) is 0.797. The van der Waals surface area contributed by atoms with Crippen molar-refractivity contribution in [2.75, 3.05) is 19.6 Å². The van der Waals surface area contributed by atoms with Gasteiger partial charge < -0.3 is 10.2 Å². The molecule has 1 N–H and O–H groups in total. The van der Waals surface area contributed by atoms with E-state index in [0.29, 0.717) is 12.0 Å². The maximum Gasteiger partial charge on any atom is 0.253 e. The van der Waals surface area contributed by atoms with Gasteiger partial charge in [0.25, 0.3) is 5.91 Å². The first-order valence-electron chi connectivity index (χ1n) is 8.39. The molecule has 1 aliphatic heterocycles. The normalized spacial score (nSPS) is 19.0. The summed E-state index contributed by atoms with van der Waals surface area (Å²) in [6.45, 7) is 4.93. The molecule has 1 fully saturated rings. The zero-order valence-corrected chi connectivity index (χ0v) is 14.4. The molecule has 1 aromatic carbocycles. The number of thiophene rings is 1. The van der Waals surface area contributed by atoms with Gasteiger partial charge in [-0.1, -0.05) is 31.2 Å². The number of nitrogens with one attached hydrogen (secondary N) is 1. The predicted octanol–water partition coefficient (Wildman–Crippen LogP) is 3.95. The molecule has 122 valence electrons. The molecule has 2 heterocycles. The van der Waals surface area contributed by atoms with Crippen LogP contribution in [0.25, 0.3) is 0 Å². The van der Waals surface area contributed by atoms with Gasteiger partial charge in [0, 0.05) is 36.1 Å². The average Bonchev–Trinajstić information content (AvgIpc) is 3.27. The molecule has 0 bridgehead atoms. The van der Waals surface area contributed by atoms with Crippen LogP contribution in [0, 0.1) is 5.92 Å². The Labute approximate surface area is 142 Å². The Morgan fingerprint density at radius 1 is 1.30 bits per heavy atom. The second kappa shape index (κ2) is 7.75. The third kappa shape index (κ3) is 4.01. The van der Waals surface area contributed by atoms with E-state index < -0.39 is 0 Å². The van der Waals surface area contributed by atoms with Crippen molar-refractivity contribution in [2.45, 2.75) is 25.8 Å². The summed E-state index contributed by atoms with van der Waals surface area (Å²) in [6.07, 6.45) is 2.19. The van der Waals surface area contributed by atoms with Crippen molar-refractivity contribution in [1.82, 2.24) is 10.2 Å². The van der Waals surface area contributed by atoms with Crippen LogP contribution in [0.15, 0.2) is 47.8 Å². The minimum absolute atomic E-state index is 0.165. The lowest BCUT2D eigenvalue weighted by Gasteiger charge is -2.20. The van der Waals surface area contributed by atoms with E-state index in [4.69, 9.17) is 0 Å². The zero-order valence-electron chi connectivity index (χ0n) is 13.6. The van der Waals surface area contributed by atoms with Crippen LogP contribution < -0.4 is 5.32 Å². The molecule has 3 nitrogen and oxygen atoms in total. The molecule has 1 amide bonds. The molecule has 0 unspecified atom stereocenters. The lowest BCUT2D eigenvalue weighted by atomic mass is 10.1. The van der Waals surface area contributed by atoms with Crippen molar-refractivity contribution >= 4 is 17.2 Å². The van der Waals surface area contributed by atoms with Gasteiger partial charge in [0.15, 0.2) is 0 Å². The molecule has 2 aromatic rings. The van der Waals surface area contributed by atoms with Crippen LogP contribution in [0.5, 0.6) is 0 Å². The lowest BCUT2D eigenvalue weighted by Crippen LogP contribution is -2.31. The van der Waals surface area contributed by atoms with Crippen LogP contribution >= 0.6 is 11.3 Å². The summed E-state index contributed by atoms with van der Waals surface area (Å²) in [5, 5.41) is 5.82. The van der Waals surface area contributed by atoms with Gasteiger partial charge in [-0.15, -0.1) is 11.3 Å². The van der Waals surface area contributed by atoms with Crippen molar-refractivity contribution in [2.24, 2.45) is 5.92 Å². The molecule has 2 atom stereocenters. The highest BCUT2D eigenvalue weighted by molar-refractivity contribution is 7.10. The molecule has 1 aromatic heterocycles. The Hall–Kier alpha value is -1.65. The number of amides is 1. The second-order valence-electron chi connectivity index (χ2n) is 6.16. The average molecular weight is 328 g/mol. The van der Waals surface area contributed by atoms with Gasteiger partial charge >= 0.3 is 0 Å². The summed E-state index contributed by atoms with van der Waals surface area (Å²) in [4.78, 5) is 15.9. The second-order valence-corrected chi connectivity index (χ2v) is 7.14. The van der Waals surface area contributed by atoms with Crippen molar-refractivity contribution in [1.29, 1.82) is 0 Å². The van der Waals surface area contributed by atoms with E-state index in [-0.39, 0.29) is 5.91 Å². The van der Waals surface area contributed by atoms with E-state index in [2.05, 4.69) is 29.8 Å². The van der Waals surface area contributed by atoms with E-state index in [0.717, 1.165) is 38.0 Å². The third-order valence-electron chi connectivity index (χ3n) is 4.54. The number of rotatable bonds is 6. The quantitative estimate of drug-likeness (QED) is 0.871. The first-order chi connectivity index (χ1) is 11.3. The topological polar surface area (TPSA) is 32.3 Å². The van der Waals surface area contributed by atoms with Crippen molar-refractivity contribution < 1.29 is 4.79 Å². The molecule has 3 rings (SSSR count). The largest absolute Gasteiger partial charge is 0.338 e. The molecule has 23 heavy (non-hydrogen) atoms. The van der Waals surface area contributed by atoms with Crippen LogP contribution in [0.3, 0.4) is 0 Å². The van der Waals surface area contributed by atoms with E-state index in [1.165, 1.54) is 4.88 Å². The molecule has 1 saturated heterocycles. The Kier molecular flexibility index (Phi) is 5.47. The fourth-order valence-electron chi connectivity index (χ4n) is 3.19. The molecular weight excluding hydrogens is 304 g/mol. The minimum atomic E-state index is 0.165. The fraction of sp³-hybridized carbons (Fsp3) is 0.421. The summed E-state index contributed by atoms with van der Waals surface area (Å²) in [7, 11) is 0. The van der Waals surface area contributed by atoms with Crippen LogP contribution in [-0.2, 0) is 0 Å². The van der Waals surface area contributed by atoms with Gasteiger partial charge in [-0.3, -0.25) is 4.79 Å². The van der Waals surface area contributed by atoms with Crippen molar-refractivity contribution in [3.8, 4) is 0 Å². The SMILES string of the molecule is CC[C@H](NC[C@@H]1CCN(C(=O)c2ccccc2)C1)c1cccs1. The molecular formula is C19H24N2OS. The molecule has 0 spiro atoms. The zero-order chi connectivity index (χ0) is 16.1. The predicted molar refractivity (Wildman–Crippen MR) is 95.8 cm³/mol. The van der Waals surface area contributed by atoms with Gasteiger partial charge in [-0.2, -0.15) is 0 Å². The molecule has 0 saturated carbocycles. The van der Waals surface area contributed by atoms with Crippen molar-refractivity contribution in [3.63, 3.8) is 0 Å². The summed E-state index contributed by atoms with van der Waals surface area (Å²) >= 11 is 1.81. The fourth-order valence-corrected chi connectivity index (χ4v) is 4.08. The maximum atomic E-state index is 12.5. The highest BCUT2D eigenvalue weighted by atomic mass is 32.1. The number of hydrogen-bond donors (Lipinski definition) is 1. The van der Waals surface area contributed by atoms with Gasteiger partial charge in [0.2, 0.25) is 0 Å². The van der Waals surface area contributed by atoms with Crippen LogP contribution in [0.1, 0.15) is 41.0 Å². The number of carbonyl (C=O) groups excluding carboxylic acids is 1. The highest BCUT2D eigenvalue weighted by Gasteiger charge is 2.27. The van der Waals surface area contributed by atoms with E-state index in [1.54, 1.807) is 0 Å². The first kappa shape index (κ1) is 16.2. The number of nitrogens with zero attached hydrogens (tertiary/aromatic N) is 1. The maximum absolute atomic E-state index is 12.5. The Bertz CT molecular complexity index is 612. The number of carbonyl (C=O) groups is 1. The number of benzene rings is 1. The minimum Gasteiger partial charge on any atom is -0.338 e. The molecule has 0 radical (unpaired) electrons. The van der Waals surface area contributed by atoms with Gasteiger partial charge in [0.1, 0.15) is 0 Å². The van der Waals surface area contributed by atoms with Crippen molar-refractivity contribution in [3.05, 3.63) is 58.3 Å². The lowest BCUT2D eigenvalue weighted by molar-refractivity contribution is 0.0787. The Balaban J connectivity index is 1.51. The van der Waals surface area contributed by atoms with Gasteiger partial charge in [0.05, 0.1) is 0 Å². The Morgan fingerprint density at radius 3 is 2.83 bits per heavy atom. The van der Waals surface area contributed by atoms with E-state index in [9.17, 15) is 4.79 Å². The molecule has 4 heteroatoms. The number of likely N-dealkylation sites (tertiary alicyclic amines) is 1. The smallest absolute Gasteiger partial charge is 0.253 e. The van der Waals surface area contributed by atoms with Crippen LogP contribution in [0.2, 0.25) is 0 Å². The third-order valence-corrected chi connectivity index (χ3v) is 5.53. The van der Waals surface area contributed by atoms with Crippen LogP contribution in [-0.4, -0.2) is 30.4 Å². The standard InChI is InChI=1S/C19H24N2OS/c1-2-17(18-9-6-12-23-18)20-13-15-10-11-21(14-15)19(22)16-7-4-3-5-8-16/h3-9,12,15,17,20H,2,10-11,13-14H2,1H3/t15-,17-/m0/s1. The summed E-state index contributed by atoms with van der Waals surface area (Å²) in [6, 6.07) is 14.4. The summed E-state index contributed by atoms with van der Waals surface area (Å²) < 4.78 is 0. The first-order valence-corrected chi connectivity index (χ1v) is 9.27.